The summed E-state index contributed by atoms with van der Waals surface area (Å²) in [6.07, 6.45) is 1.32. The minimum absolute atomic E-state index is 0.0171. The Labute approximate surface area is 90.6 Å². The highest BCUT2D eigenvalue weighted by Gasteiger charge is 2.02. The summed E-state index contributed by atoms with van der Waals surface area (Å²) < 4.78 is 0. The van der Waals surface area contributed by atoms with Gasteiger partial charge in [0, 0.05) is 12.1 Å². The lowest BCUT2D eigenvalue weighted by Crippen LogP contribution is -2.20. The third-order valence-corrected chi connectivity index (χ3v) is 1.65. The number of hydrogen-bond acceptors (Lipinski definition) is 5. The Bertz CT molecular complexity index is 413. The number of nitro benzene ring substituents is 1. The average Bonchev–Trinajstić information content (AvgIpc) is 2.29. The van der Waals surface area contributed by atoms with Crippen molar-refractivity contribution in [1.29, 1.82) is 0 Å². The van der Waals surface area contributed by atoms with Crippen LogP contribution < -0.4 is 5.43 Å². The normalized spacial score (nSPS) is 10.3. The van der Waals surface area contributed by atoms with Crippen LogP contribution in [-0.4, -0.2) is 28.8 Å². The van der Waals surface area contributed by atoms with E-state index >= 15 is 0 Å². The molecule has 0 saturated heterocycles. The smallest absolute Gasteiger partial charge is 0.269 e. The quantitative estimate of drug-likeness (QED) is 0.427. The molecule has 1 aromatic rings. The van der Waals surface area contributed by atoms with Crippen LogP contribution in [0.1, 0.15) is 5.56 Å². The lowest BCUT2D eigenvalue weighted by molar-refractivity contribution is -0.384. The van der Waals surface area contributed by atoms with Gasteiger partial charge in [-0.25, -0.2) is 5.43 Å². The van der Waals surface area contributed by atoms with Gasteiger partial charge in [-0.1, -0.05) is 0 Å². The van der Waals surface area contributed by atoms with Gasteiger partial charge in [0.05, 0.1) is 11.1 Å². The Hall–Kier alpha value is -2.28. The second-order valence-electron chi connectivity index (χ2n) is 2.80. The molecule has 0 aliphatic heterocycles. The summed E-state index contributed by atoms with van der Waals surface area (Å²) in [6.45, 7) is -0.641. The van der Waals surface area contributed by atoms with Gasteiger partial charge < -0.3 is 5.11 Å². The van der Waals surface area contributed by atoms with E-state index in [1.807, 2.05) is 0 Å². The second kappa shape index (κ2) is 5.56. The molecule has 0 aliphatic carbocycles. The van der Waals surface area contributed by atoms with Gasteiger partial charge in [0.2, 0.25) is 0 Å². The standard InChI is InChI=1S/C9H9N3O4/c13-6-9(14)11-10-5-7-1-3-8(4-2-7)12(15)16/h1-5,13H,6H2,(H,11,14)/b10-5-. The summed E-state index contributed by atoms with van der Waals surface area (Å²) in [5, 5.41) is 22.2. The molecule has 1 amide bonds. The van der Waals surface area contributed by atoms with Crippen molar-refractivity contribution in [2.24, 2.45) is 5.10 Å². The molecule has 16 heavy (non-hydrogen) atoms. The molecule has 0 saturated carbocycles. The van der Waals surface area contributed by atoms with Gasteiger partial charge in [-0.15, -0.1) is 0 Å². The van der Waals surface area contributed by atoms with Crippen LogP contribution in [0, 0.1) is 10.1 Å². The minimum atomic E-state index is -0.641. The molecule has 0 unspecified atom stereocenters. The highest BCUT2D eigenvalue weighted by Crippen LogP contribution is 2.10. The molecule has 7 heteroatoms. The Morgan fingerprint density at radius 3 is 2.62 bits per heavy atom. The highest BCUT2D eigenvalue weighted by molar-refractivity contribution is 5.82. The molecule has 1 rings (SSSR count). The Kier molecular flexibility index (Phi) is 4.10. The number of nitro groups is 1. The third kappa shape index (κ3) is 3.46. The fourth-order valence-corrected chi connectivity index (χ4v) is 0.896. The lowest BCUT2D eigenvalue weighted by atomic mass is 10.2. The van der Waals surface area contributed by atoms with Crippen molar-refractivity contribution in [2.45, 2.75) is 0 Å². The number of nitrogens with one attached hydrogen (secondary N) is 1. The van der Waals surface area contributed by atoms with E-state index in [1.165, 1.54) is 30.5 Å². The zero-order valence-corrected chi connectivity index (χ0v) is 8.16. The Balaban J connectivity index is 2.61. The van der Waals surface area contributed by atoms with Gasteiger partial charge in [-0.2, -0.15) is 5.10 Å². The van der Waals surface area contributed by atoms with Crippen LogP contribution in [0.25, 0.3) is 0 Å². The maximum Gasteiger partial charge on any atom is 0.269 e. The summed E-state index contributed by atoms with van der Waals surface area (Å²) in [6, 6.07) is 5.64. The maximum atomic E-state index is 10.6. The molecule has 84 valence electrons. The summed E-state index contributed by atoms with van der Waals surface area (Å²) in [5.74, 6) is -0.627. The van der Waals surface area contributed by atoms with E-state index in [2.05, 4.69) is 10.5 Å². The van der Waals surface area contributed by atoms with Crippen molar-refractivity contribution in [3.8, 4) is 0 Å². The fourth-order valence-electron chi connectivity index (χ4n) is 0.896. The number of benzene rings is 1. The van der Waals surface area contributed by atoms with Gasteiger partial charge in [0.1, 0.15) is 6.61 Å². The van der Waals surface area contributed by atoms with Gasteiger partial charge >= 0.3 is 0 Å². The number of aliphatic hydroxyl groups is 1. The predicted molar refractivity (Wildman–Crippen MR) is 55.9 cm³/mol. The number of carbonyl (C=O) groups is 1. The van der Waals surface area contributed by atoms with E-state index in [1.54, 1.807) is 0 Å². The molecule has 0 fully saturated rings. The molecule has 7 nitrogen and oxygen atoms in total. The first kappa shape index (κ1) is 11.8. The summed E-state index contributed by atoms with van der Waals surface area (Å²) in [7, 11) is 0. The minimum Gasteiger partial charge on any atom is -0.386 e. The van der Waals surface area contributed by atoms with Crippen LogP contribution in [0.15, 0.2) is 29.4 Å². The number of carbonyl (C=O) groups excluding carboxylic acids is 1. The predicted octanol–water partition coefficient (Wildman–Crippen LogP) is 0.0372. The largest absolute Gasteiger partial charge is 0.386 e. The van der Waals surface area contributed by atoms with Crippen LogP contribution in [0.2, 0.25) is 0 Å². The lowest BCUT2D eigenvalue weighted by Gasteiger charge is -1.95. The van der Waals surface area contributed by atoms with Crippen LogP contribution in [0.3, 0.4) is 0 Å². The number of hydrogen-bond donors (Lipinski definition) is 2. The number of hydrazone groups is 1. The van der Waals surface area contributed by atoms with Crippen molar-refractivity contribution in [3.63, 3.8) is 0 Å². The number of non-ortho nitro benzene ring substituents is 1. The van der Waals surface area contributed by atoms with Crippen LogP contribution in [0.4, 0.5) is 5.69 Å². The zero-order valence-electron chi connectivity index (χ0n) is 8.16. The fraction of sp³-hybridized carbons (Fsp3) is 0.111. The maximum absolute atomic E-state index is 10.6. The molecule has 0 aromatic heterocycles. The van der Waals surface area contributed by atoms with E-state index < -0.39 is 17.4 Å². The molecule has 2 N–H and O–H groups in total. The van der Waals surface area contributed by atoms with E-state index in [0.717, 1.165) is 0 Å². The van der Waals surface area contributed by atoms with Crippen LogP contribution in [0.5, 0.6) is 0 Å². The van der Waals surface area contributed by atoms with E-state index in [9.17, 15) is 14.9 Å². The van der Waals surface area contributed by atoms with E-state index in [4.69, 9.17) is 5.11 Å². The molecule has 1 aromatic carbocycles. The first-order valence-electron chi connectivity index (χ1n) is 4.30. The molecule has 0 aliphatic rings. The third-order valence-electron chi connectivity index (χ3n) is 1.65. The van der Waals surface area contributed by atoms with Crippen molar-refractivity contribution >= 4 is 17.8 Å². The molecular weight excluding hydrogens is 214 g/mol. The van der Waals surface area contributed by atoms with Gasteiger partial charge in [0.15, 0.2) is 0 Å². The molecule has 0 atom stereocenters. The van der Waals surface area contributed by atoms with Crippen LogP contribution in [-0.2, 0) is 4.79 Å². The Morgan fingerprint density at radius 2 is 2.12 bits per heavy atom. The topological polar surface area (TPSA) is 105 Å². The monoisotopic (exact) mass is 223 g/mol. The molecule has 0 heterocycles. The van der Waals surface area contributed by atoms with Gasteiger partial charge in [0.25, 0.3) is 11.6 Å². The number of amides is 1. The van der Waals surface area contributed by atoms with E-state index in [-0.39, 0.29) is 5.69 Å². The van der Waals surface area contributed by atoms with Crippen molar-refractivity contribution in [2.75, 3.05) is 6.61 Å². The second-order valence-corrected chi connectivity index (χ2v) is 2.80. The summed E-state index contributed by atoms with van der Waals surface area (Å²) in [4.78, 5) is 20.4. The number of nitrogens with zero attached hydrogens (tertiary/aromatic N) is 2. The molecule has 0 radical (unpaired) electrons. The van der Waals surface area contributed by atoms with Gasteiger partial charge in [-0.05, 0) is 17.7 Å². The number of aliphatic hydroxyl groups excluding tert-OH is 1. The molecular formula is C9H9N3O4. The summed E-state index contributed by atoms with van der Waals surface area (Å²) in [5.41, 5.74) is 2.65. The highest BCUT2D eigenvalue weighted by atomic mass is 16.6. The summed E-state index contributed by atoms with van der Waals surface area (Å²) >= 11 is 0. The van der Waals surface area contributed by atoms with Crippen molar-refractivity contribution in [1.82, 2.24) is 5.43 Å². The van der Waals surface area contributed by atoms with Crippen molar-refractivity contribution < 1.29 is 14.8 Å². The van der Waals surface area contributed by atoms with Crippen molar-refractivity contribution in [3.05, 3.63) is 39.9 Å². The zero-order chi connectivity index (χ0) is 12.0. The first-order valence-corrected chi connectivity index (χ1v) is 4.30. The van der Waals surface area contributed by atoms with E-state index in [0.29, 0.717) is 5.56 Å². The first-order chi connectivity index (χ1) is 7.63. The average molecular weight is 223 g/mol. The number of rotatable bonds is 4. The Morgan fingerprint density at radius 1 is 1.50 bits per heavy atom. The van der Waals surface area contributed by atoms with Crippen LogP contribution >= 0.6 is 0 Å². The van der Waals surface area contributed by atoms with Gasteiger partial charge in [-0.3, -0.25) is 14.9 Å². The SMILES string of the molecule is O=C(CO)N/N=C\c1ccc([N+](=O)[O-])cc1. The molecule has 0 bridgehead atoms. The molecule has 0 spiro atoms.